The second-order valence-corrected chi connectivity index (χ2v) is 6.56. The maximum atomic E-state index is 12.0. The fraction of sp³-hybridized carbons (Fsp3) is 0.438. The number of aromatic nitrogens is 3. The first-order chi connectivity index (χ1) is 12.0. The largest absolute Gasteiger partial charge is 0.379 e. The minimum absolute atomic E-state index is 0. The molecule has 1 aliphatic rings. The molecule has 1 saturated heterocycles. The molecule has 1 fully saturated rings. The van der Waals surface area contributed by atoms with Crippen molar-refractivity contribution in [3.63, 3.8) is 0 Å². The predicted molar refractivity (Wildman–Crippen MR) is 104 cm³/mol. The normalized spacial score (nSPS) is 14.7. The van der Waals surface area contributed by atoms with Gasteiger partial charge >= 0.3 is 0 Å². The van der Waals surface area contributed by atoms with Crippen LogP contribution in [-0.2, 0) is 9.53 Å². The van der Waals surface area contributed by atoms with Crippen LogP contribution in [0.25, 0.3) is 5.69 Å². The van der Waals surface area contributed by atoms with Crippen LogP contribution in [0.5, 0.6) is 0 Å². The molecule has 0 N–H and O–H groups in total. The van der Waals surface area contributed by atoms with Gasteiger partial charge in [0.2, 0.25) is 5.91 Å². The van der Waals surface area contributed by atoms with Gasteiger partial charge in [0, 0.05) is 33.1 Å². The highest BCUT2D eigenvalue weighted by Gasteiger charge is 2.18. The van der Waals surface area contributed by atoms with Gasteiger partial charge in [-0.1, -0.05) is 28.4 Å². The highest BCUT2D eigenvalue weighted by Crippen LogP contribution is 2.24. The molecule has 0 spiro atoms. The van der Waals surface area contributed by atoms with Crippen LogP contribution in [0.15, 0.2) is 24.4 Å². The summed E-state index contributed by atoms with van der Waals surface area (Å²) in [5.74, 6) is 0.432. The van der Waals surface area contributed by atoms with Crippen molar-refractivity contribution in [1.29, 1.82) is 0 Å². The molecule has 0 atom stereocenters. The van der Waals surface area contributed by atoms with Crippen molar-refractivity contribution in [2.24, 2.45) is 0 Å². The van der Waals surface area contributed by atoms with Crippen LogP contribution < -0.4 is 4.90 Å². The van der Waals surface area contributed by atoms with E-state index in [-0.39, 0.29) is 18.3 Å². The minimum Gasteiger partial charge on any atom is -0.379 e. The summed E-state index contributed by atoms with van der Waals surface area (Å²) in [5.41, 5.74) is 0.727. The zero-order chi connectivity index (χ0) is 17.8. The SMILES string of the molecule is CC(=O)N(CCN1CCOCC1)c1cn(-c2ccc(Cl)c(Cl)c2)nn1.Cl. The molecule has 1 amide bonds. The molecule has 1 aliphatic heterocycles. The summed E-state index contributed by atoms with van der Waals surface area (Å²) < 4.78 is 6.91. The van der Waals surface area contributed by atoms with Gasteiger partial charge in [0.25, 0.3) is 0 Å². The van der Waals surface area contributed by atoms with Crippen molar-refractivity contribution in [3.05, 3.63) is 34.4 Å². The average Bonchev–Trinajstić information content (AvgIpc) is 3.08. The molecular weight excluding hydrogens is 401 g/mol. The van der Waals surface area contributed by atoms with Crippen molar-refractivity contribution in [2.75, 3.05) is 44.3 Å². The van der Waals surface area contributed by atoms with E-state index in [0.29, 0.717) is 22.4 Å². The monoisotopic (exact) mass is 419 g/mol. The Morgan fingerprint density at radius 1 is 1.27 bits per heavy atom. The summed E-state index contributed by atoms with van der Waals surface area (Å²) in [6.45, 7) is 6.06. The van der Waals surface area contributed by atoms with Crippen LogP contribution in [-0.4, -0.2) is 65.2 Å². The molecule has 3 rings (SSSR count). The van der Waals surface area contributed by atoms with Crippen molar-refractivity contribution in [1.82, 2.24) is 19.9 Å². The second-order valence-electron chi connectivity index (χ2n) is 5.74. The third kappa shape index (κ3) is 5.08. The lowest BCUT2D eigenvalue weighted by atomic mass is 10.3. The Labute approximate surface area is 168 Å². The number of anilines is 1. The fourth-order valence-corrected chi connectivity index (χ4v) is 2.92. The van der Waals surface area contributed by atoms with E-state index in [9.17, 15) is 4.79 Å². The minimum atomic E-state index is -0.0746. The zero-order valence-electron chi connectivity index (χ0n) is 14.3. The molecule has 1 aromatic carbocycles. The van der Waals surface area contributed by atoms with E-state index in [1.165, 1.54) is 6.92 Å². The van der Waals surface area contributed by atoms with Crippen molar-refractivity contribution in [3.8, 4) is 5.69 Å². The highest BCUT2D eigenvalue weighted by molar-refractivity contribution is 6.42. The summed E-state index contributed by atoms with van der Waals surface area (Å²) in [7, 11) is 0. The number of nitrogens with zero attached hydrogens (tertiary/aromatic N) is 5. The van der Waals surface area contributed by atoms with Crippen molar-refractivity contribution >= 4 is 47.3 Å². The molecule has 1 aromatic heterocycles. The maximum Gasteiger partial charge on any atom is 0.225 e. The van der Waals surface area contributed by atoms with Crippen LogP contribution in [0.3, 0.4) is 0 Å². The molecule has 0 saturated carbocycles. The smallest absolute Gasteiger partial charge is 0.225 e. The van der Waals surface area contributed by atoms with E-state index in [1.807, 2.05) is 0 Å². The quantitative estimate of drug-likeness (QED) is 0.744. The Hall–Kier alpha value is -1.38. The third-order valence-electron chi connectivity index (χ3n) is 4.05. The number of ether oxygens (including phenoxy) is 1. The molecule has 0 unspecified atom stereocenters. The zero-order valence-corrected chi connectivity index (χ0v) is 16.6. The molecular formula is C16H20Cl3N5O2. The van der Waals surface area contributed by atoms with Gasteiger partial charge in [-0.3, -0.25) is 14.6 Å². The highest BCUT2D eigenvalue weighted by atomic mass is 35.5. The lowest BCUT2D eigenvalue weighted by Crippen LogP contribution is -2.42. The van der Waals surface area contributed by atoms with Gasteiger partial charge < -0.3 is 4.74 Å². The Morgan fingerprint density at radius 3 is 2.65 bits per heavy atom. The van der Waals surface area contributed by atoms with E-state index in [2.05, 4.69) is 15.2 Å². The number of halogens is 3. The van der Waals surface area contributed by atoms with Crippen molar-refractivity contribution in [2.45, 2.75) is 6.92 Å². The van der Waals surface area contributed by atoms with Crippen LogP contribution in [0, 0.1) is 0 Å². The maximum absolute atomic E-state index is 12.0. The van der Waals surface area contributed by atoms with E-state index in [4.69, 9.17) is 27.9 Å². The summed E-state index contributed by atoms with van der Waals surface area (Å²) in [4.78, 5) is 15.9. The van der Waals surface area contributed by atoms with Gasteiger partial charge in [-0.2, -0.15) is 0 Å². The van der Waals surface area contributed by atoms with Gasteiger partial charge in [-0.05, 0) is 18.2 Å². The average molecular weight is 421 g/mol. The Morgan fingerprint density at radius 2 is 2.00 bits per heavy atom. The number of hydrogen-bond acceptors (Lipinski definition) is 5. The molecule has 2 heterocycles. The third-order valence-corrected chi connectivity index (χ3v) is 4.79. The summed E-state index contributed by atoms with van der Waals surface area (Å²) >= 11 is 12.0. The lowest BCUT2D eigenvalue weighted by molar-refractivity contribution is -0.116. The lowest BCUT2D eigenvalue weighted by Gasteiger charge is -2.28. The standard InChI is InChI=1S/C16H19Cl2N5O2.ClH/c1-12(24)22(5-4-21-6-8-25-9-7-21)16-11-23(20-19-16)13-2-3-14(17)15(18)10-13;/h2-3,10-11H,4-9H2,1H3;1H. The van der Waals surface area contributed by atoms with Crippen molar-refractivity contribution < 1.29 is 9.53 Å². The van der Waals surface area contributed by atoms with E-state index < -0.39 is 0 Å². The molecule has 0 aliphatic carbocycles. The van der Waals surface area contributed by atoms with Crippen LogP contribution in [0.4, 0.5) is 5.82 Å². The topological polar surface area (TPSA) is 63.5 Å². The molecule has 0 bridgehead atoms. The van der Waals surface area contributed by atoms with Crippen LogP contribution in [0.1, 0.15) is 6.92 Å². The fourth-order valence-electron chi connectivity index (χ4n) is 2.63. The van der Waals surface area contributed by atoms with E-state index in [0.717, 1.165) is 38.5 Å². The molecule has 10 heteroatoms. The Bertz CT molecular complexity index is 749. The first-order valence-corrected chi connectivity index (χ1v) is 8.76. The summed E-state index contributed by atoms with van der Waals surface area (Å²) in [6, 6.07) is 5.19. The first kappa shape index (κ1) is 20.9. The molecule has 142 valence electrons. The number of benzene rings is 1. The Kier molecular flexibility index (Phi) is 7.67. The van der Waals surface area contributed by atoms with Crippen LogP contribution >= 0.6 is 35.6 Å². The van der Waals surface area contributed by atoms with Gasteiger partial charge in [0.1, 0.15) is 0 Å². The molecule has 0 radical (unpaired) electrons. The molecule has 26 heavy (non-hydrogen) atoms. The van der Waals surface area contributed by atoms with Gasteiger partial charge in [-0.25, -0.2) is 4.68 Å². The first-order valence-electron chi connectivity index (χ1n) is 8.00. The summed E-state index contributed by atoms with van der Waals surface area (Å²) in [5, 5.41) is 9.13. The van der Waals surface area contributed by atoms with E-state index >= 15 is 0 Å². The summed E-state index contributed by atoms with van der Waals surface area (Å²) in [6.07, 6.45) is 1.71. The predicted octanol–water partition coefficient (Wildman–Crippen LogP) is 2.68. The van der Waals surface area contributed by atoms with Gasteiger partial charge in [-0.15, -0.1) is 17.5 Å². The number of carbonyl (C=O) groups is 1. The van der Waals surface area contributed by atoms with Gasteiger partial charge in [0.05, 0.1) is 35.1 Å². The van der Waals surface area contributed by atoms with E-state index in [1.54, 1.807) is 34.0 Å². The second kappa shape index (κ2) is 9.53. The Balaban J connectivity index is 0.00000243. The van der Waals surface area contributed by atoms with Gasteiger partial charge in [0.15, 0.2) is 5.82 Å². The number of rotatable bonds is 5. The van der Waals surface area contributed by atoms with Crippen LogP contribution in [0.2, 0.25) is 10.0 Å². The molecule has 7 nitrogen and oxygen atoms in total. The number of amides is 1. The number of hydrogen-bond donors (Lipinski definition) is 0. The number of carbonyl (C=O) groups excluding carboxylic acids is 1. The number of morpholine rings is 1. The molecule has 2 aromatic rings.